The van der Waals surface area contributed by atoms with Gasteiger partial charge in [0.25, 0.3) is 0 Å². The first-order valence-electron chi connectivity index (χ1n) is 5.46. The second-order valence-electron chi connectivity index (χ2n) is 4.12. The fourth-order valence-electron chi connectivity index (χ4n) is 1.53. The second kappa shape index (κ2) is 6.29. The SMILES string of the molecule is CS(=O)(=O)NCCCNC(=O)C1COCC1N. The molecule has 1 heterocycles. The molecule has 0 bridgehead atoms. The van der Waals surface area contributed by atoms with E-state index in [0.717, 1.165) is 6.26 Å². The zero-order valence-electron chi connectivity index (χ0n) is 9.81. The van der Waals surface area contributed by atoms with Gasteiger partial charge in [0.1, 0.15) is 0 Å². The fourth-order valence-corrected chi connectivity index (χ4v) is 2.04. The molecule has 0 radical (unpaired) electrons. The number of hydrogen-bond acceptors (Lipinski definition) is 5. The van der Waals surface area contributed by atoms with Gasteiger partial charge in [-0.3, -0.25) is 4.79 Å². The summed E-state index contributed by atoms with van der Waals surface area (Å²) in [6, 6.07) is -0.246. The monoisotopic (exact) mass is 265 g/mol. The van der Waals surface area contributed by atoms with Gasteiger partial charge in [-0.15, -0.1) is 0 Å². The molecule has 0 aromatic carbocycles. The topological polar surface area (TPSA) is 111 Å². The number of carbonyl (C=O) groups is 1. The van der Waals surface area contributed by atoms with E-state index in [4.69, 9.17) is 10.5 Å². The van der Waals surface area contributed by atoms with Crippen LogP contribution in [0, 0.1) is 5.92 Å². The highest BCUT2D eigenvalue weighted by Gasteiger charge is 2.30. The minimum atomic E-state index is -3.15. The molecule has 0 aromatic heterocycles. The molecule has 1 fully saturated rings. The first kappa shape index (κ1) is 14.4. The van der Waals surface area contributed by atoms with Crippen LogP contribution in [-0.2, 0) is 19.6 Å². The molecule has 1 rings (SSSR count). The Morgan fingerprint density at radius 1 is 1.41 bits per heavy atom. The van der Waals surface area contributed by atoms with Gasteiger partial charge < -0.3 is 15.8 Å². The van der Waals surface area contributed by atoms with Crippen LogP contribution in [0.5, 0.6) is 0 Å². The molecule has 1 saturated heterocycles. The van der Waals surface area contributed by atoms with Gasteiger partial charge in [0.2, 0.25) is 15.9 Å². The normalized spacial score (nSPS) is 24.8. The van der Waals surface area contributed by atoms with E-state index < -0.39 is 10.0 Å². The van der Waals surface area contributed by atoms with Crippen molar-refractivity contribution in [2.45, 2.75) is 12.5 Å². The Morgan fingerprint density at radius 2 is 2.12 bits per heavy atom. The van der Waals surface area contributed by atoms with Gasteiger partial charge in [0.15, 0.2) is 0 Å². The highest BCUT2D eigenvalue weighted by atomic mass is 32.2. The molecule has 2 unspecified atom stereocenters. The lowest BCUT2D eigenvalue weighted by molar-refractivity contribution is -0.125. The molecule has 0 spiro atoms. The number of amides is 1. The summed E-state index contributed by atoms with van der Waals surface area (Å²) in [7, 11) is -3.15. The van der Waals surface area contributed by atoms with Gasteiger partial charge in [-0.1, -0.05) is 0 Å². The van der Waals surface area contributed by atoms with Gasteiger partial charge in [0.05, 0.1) is 25.4 Å². The number of carbonyl (C=O) groups excluding carboxylic acids is 1. The molecule has 7 nitrogen and oxygen atoms in total. The summed E-state index contributed by atoms with van der Waals surface area (Å²) in [6.45, 7) is 1.50. The summed E-state index contributed by atoms with van der Waals surface area (Å²) in [4.78, 5) is 11.6. The van der Waals surface area contributed by atoms with Crippen molar-refractivity contribution >= 4 is 15.9 Å². The first-order chi connectivity index (χ1) is 7.90. The molecule has 0 saturated carbocycles. The molecule has 100 valence electrons. The molecular formula is C9H19N3O4S. The van der Waals surface area contributed by atoms with Gasteiger partial charge in [-0.2, -0.15) is 0 Å². The van der Waals surface area contributed by atoms with Crippen molar-refractivity contribution in [3.63, 3.8) is 0 Å². The van der Waals surface area contributed by atoms with Gasteiger partial charge in [-0.25, -0.2) is 13.1 Å². The molecule has 1 amide bonds. The smallest absolute Gasteiger partial charge is 0.227 e. The predicted octanol–water partition coefficient (Wildman–Crippen LogP) is -1.98. The van der Waals surface area contributed by atoms with Crippen molar-refractivity contribution in [3.8, 4) is 0 Å². The van der Waals surface area contributed by atoms with E-state index in [1.165, 1.54) is 0 Å². The molecule has 2 atom stereocenters. The lowest BCUT2D eigenvalue weighted by Crippen LogP contribution is -2.41. The number of hydrogen-bond donors (Lipinski definition) is 3. The highest BCUT2D eigenvalue weighted by molar-refractivity contribution is 7.88. The summed E-state index contributed by atoms with van der Waals surface area (Å²) in [5.41, 5.74) is 5.69. The van der Waals surface area contributed by atoms with Crippen LogP contribution in [0.15, 0.2) is 0 Å². The Bertz CT molecular complexity index is 357. The molecule has 1 aliphatic rings. The molecule has 0 aromatic rings. The summed E-state index contributed by atoms with van der Waals surface area (Å²) >= 11 is 0. The van der Waals surface area contributed by atoms with Gasteiger partial charge in [-0.05, 0) is 6.42 Å². The third-order valence-corrected chi connectivity index (χ3v) is 3.21. The van der Waals surface area contributed by atoms with Crippen molar-refractivity contribution in [1.29, 1.82) is 0 Å². The maximum Gasteiger partial charge on any atom is 0.227 e. The van der Waals surface area contributed by atoms with Crippen molar-refractivity contribution < 1.29 is 17.9 Å². The van der Waals surface area contributed by atoms with Crippen LogP contribution in [0.2, 0.25) is 0 Å². The zero-order chi connectivity index (χ0) is 12.9. The highest BCUT2D eigenvalue weighted by Crippen LogP contribution is 2.11. The van der Waals surface area contributed by atoms with Crippen LogP contribution < -0.4 is 15.8 Å². The molecule has 4 N–H and O–H groups in total. The Hall–Kier alpha value is -0.700. The number of nitrogens with two attached hydrogens (primary N) is 1. The predicted molar refractivity (Wildman–Crippen MR) is 62.8 cm³/mol. The molecule has 1 aliphatic heterocycles. The average Bonchev–Trinajstić information content (AvgIpc) is 2.62. The third kappa shape index (κ3) is 5.44. The Labute approximate surface area is 101 Å². The third-order valence-electron chi connectivity index (χ3n) is 2.48. The van der Waals surface area contributed by atoms with Crippen LogP contribution in [0.4, 0.5) is 0 Å². The summed E-state index contributed by atoms with van der Waals surface area (Å²) in [5.74, 6) is -0.424. The van der Waals surface area contributed by atoms with E-state index in [0.29, 0.717) is 32.7 Å². The van der Waals surface area contributed by atoms with E-state index >= 15 is 0 Å². The molecular weight excluding hydrogens is 246 g/mol. The quantitative estimate of drug-likeness (QED) is 0.482. The average molecular weight is 265 g/mol. The van der Waals surface area contributed by atoms with Crippen molar-refractivity contribution in [2.75, 3.05) is 32.6 Å². The van der Waals surface area contributed by atoms with Crippen LogP contribution in [-0.4, -0.2) is 52.9 Å². The van der Waals surface area contributed by atoms with Crippen molar-refractivity contribution in [2.24, 2.45) is 11.7 Å². The molecule has 0 aliphatic carbocycles. The number of nitrogens with one attached hydrogen (secondary N) is 2. The lowest BCUT2D eigenvalue weighted by Gasteiger charge is -2.13. The fraction of sp³-hybridized carbons (Fsp3) is 0.889. The van der Waals surface area contributed by atoms with Crippen LogP contribution in [0.1, 0.15) is 6.42 Å². The van der Waals surface area contributed by atoms with E-state index in [9.17, 15) is 13.2 Å². The van der Waals surface area contributed by atoms with Crippen LogP contribution in [0.25, 0.3) is 0 Å². The minimum Gasteiger partial charge on any atom is -0.379 e. The van der Waals surface area contributed by atoms with Crippen LogP contribution in [0.3, 0.4) is 0 Å². The number of ether oxygens (including phenoxy) is 1. The van der Waals surface area contributed by atoms with E-state index in [2.05, 4.69) is 10.0 Å². The van der Waals surface area contributed by atoms with Gasteiger partial charge in [0, 0.05) is 19.1 Å². The largest absolute Gasteiger partial charge is 0.379 e. The summed E-state index contributed by atoms with van der Waals surface area (Å²) in [5, 5.41) is 2.71. The summed E-state index contributed by atoms with van der Waals surface area (Å²) in [6.07, 6.45) is 1.64. The molecule has 8 heteroatoms. The van der Waals surface area contributed by atoms with Gasteiger partial charge >= 0.3 is 0 Å². The lowest BCUT2D eigenvalue weighted by atomic mass is 10.0. The molecule has 17 heavy (non-hydrogen) atoms. The number of rotatable bonds is 6. The standard InChI is InChI=1S/C9H19N3O4S/c1-17(14,15)12-4-2-3-11-9(13)7-5-16-6-8(7)10/h7-8,12H,2-6,10H2,1H3,(H,11,13). The zero-order valence-corrected chi connectivity index (χ0v) is 10.6. The maximum absolute atomic E-state index is 11.6. The summed E-state index contributed by atoms with van der Waals surface area (Å²) < 4.78 is 28.9. The van der Waals surface area contributed by atoms with Crippen LogP contribution >= 0.6 is 0 Å². The van der Waals surface area contributed by atoms with E-state index in [1.807, 2.05) is 0 Å². The number of sulfonamides is 1. The van der Waals surface area contributed by atoms with Crippen molar-refractivity contribution in [3.05, 3.63) is 0 Å². The van der Waals surface area contributed by atoms with Crippen molar-refractivity contribution in [1.82, 2.24) is 10.0 Å². The van der Waals surface area contributed by atoms with E-state index in [-0.39, 0.29) is 17.9 Å². The Balaban J connectivity index is 2.12. The Morgan fingerprint density at radius 3 is 2.65 bits per heavy atom. The first-order valence-corrected chi connectivity index (χ1v) is 7.35. The maximum atomic E-state index is 11.6. The Kier molecular flexibility index (Phi) is 5.31. The van der Waals surface area contributed by atoms with E-state index in [1.54, 1.807) is 0 Å². The minimum absolute atomic E-state index is 0.130. The second-order valence-corrected chi connectivity index (χ2v) is 5.95.